The maximum Gasteiger partial charge on any atom is 0.337 e. The summed E-state index contributed by atoms with van der Waals surface area (Å²) >= 11 is 0. The van der Waals surface area contributed by atoms with E-state index in [0.717, 1.165) is 37.2 Å². The van der Waals surface area contributed by atoms with Crippen molar-refractivity contribution >= 4 is 17.6 Å². The van der Waals surface area contributed by atoms with E-state index in [9.17, 15) is 9.59 Å². The van der Waals surface area contributed by atoms with E-state index >= 15 is 0 Å². The zero-order chi connectivity index (χ0) is 13.5. The Morgan fingerprint density at radius 3 is 2.74 bits per heavy atom. The topological polar surface area (TPSA) is 67.4 Å². The number of benzene rings is 1. The molecule has 2 aliphatic heterocycles. The molecule has 0 bridgehead atoms. The van der Waals surface area contributed by atoms with Crippen LogP contribution in [0, 0.1) is 0 Å². The number of carbonyl (C=O) groups excluding carboxylic acids is 2. The molecule has 0 unspecified atom stereocenters. The number of esters is 1. The highest BCUT2D eigenvalue weighted by Crippen LogP contribution is 2.44. The number of carbonyl (C=O) groups is 2. The molecule has 2 N–H and O–H groups in total. The quantitative estimate of drug-likeness (QED) is 0.741. The molecule has 0 aromatic heterocycles. The molecule has 5 nitrogen and oxygen atoms in total. The molecule has 19 heavy (non-hydrogen) atoms. The summed E-state index contributed by atoms with van der Waals surface area (Å²) < 4.78 is 4.74. The van der Waals surface area contributed by atoms with Crippen LogP contribution in [-0.2, 0) is 14.9 Å². The van der Waals surface area contributed by atoms with Gasteiger partial charge in [-0.3, -0.25) is 4.79 Å². The Kier molecular flexibility index (Phi) is 2.78. The van der Waals surface area contributed by atoms with Gasteiger partial charge in [0, 0.05) is 5.69 Å². The van der Waals surface area contributed by atoms with Gasteiger partial charge < -0.3 is 15.4 Å². The van der Waals surface area contributed by atoms with Gasteiger partial charge >= 0.3 is 5.97 Å². The Hall–Kier alpha value is -1.88. The first-order valence-corrected chi connectivity index (χ1v) is 6.42. The van der Waals surface area contributed by atoms with Gasteiger partial charge in [-0.2, -0.15) is 0 Å². The van der Waals surface area contributed by atoms with Gasteiger partial charge in [0.1, 0.15) is 0 Å². The average Bonchev–Trinajstić information content (AvgIpc) is 2.71. The van der Waals surface area contributed by atoms with E-state index in [0.29, 0.717) is 5.56 Å². The summed E-state index contributed by atoms with van der Waals surface area (Å²) in [5.74, 6) is -0.322. The van der Waals surface area contributed by atoms with E-state index in [2.05, 4.69) is 10.6 Å². The third-order valence-corrected chi connectivity index (χ3v) is 4.10. The summed E-state index contributed by atoms with van der Waals surface area (Å²) in [5.41, 5.74) is 1.77. The summed E-state index contributed by atoms with van der Waals surface area (Å²) in [6.45, 7) is 1.63. The number of methoxy groups -OCH3 is 1. The minimum Gasteiger partial charge on any atom is -0.465 e. The first-order chi connectivity index (χ1) is 9.17. The van der Waals surface area contributed by atoms with Gasteiger partial charge in [0.05, 0.1) is 18.1 Å². The van der Waals surface area contributed by atoms with Crippen molar-refractivity contribution in [1.29, 1.82) is 0 Å². The smallest absolute Gasteiger partial charge is 0.337 e. The third-order valence-electron chi connectivity index (χ3n) is 4.10. The molecule has 1 fully saturated rings. The predicted molar refractivity (Wildman–Crippen MR) is 70.2 cm³/mol. The SMILES string of the molecule is COC(=O)c1ccc2c(c1)C1(CCNCC1)C(=O)N2. The van der Waals surface area contributed by atoms with Crippen molar-refractivity contribution < 1.29 is 14.3 Å². The molecule has 100 valence electrons. The normalized spacial score (nSPS) is 19.9. The molecule has 1 aromatic rings. The second-order valence-corrected chi connectivity index (χ2v) is 5.04. The highest BCUT2D eigenvalue weighted by molar-refractivity contribution is 6.07. The number of hydrogen-bond acceptors (Lipinski definition) is 4. The van der Waals surface area contributed by atoms with Gasteiger partial charge in [-0.1, -0.05) is 0 Å². The molecular weight excluding hydrogens is 244 g/mol. The molecule has 2 heterocycles. The van der Waals surface area contributed by atoms with Gasteiger partial charge in [-0.15, -0.1) is 0 Å². The molecule has 0 saturated carbocycles. The number of fused-ring (bicyclic) bond motifs is 2. The molecule has 1 saturated heterocycles. The molecule has 1 amide bonds. The summed E-state index contributed by atoms with van der Waals surface area (Å²) in [7, 11) is 1.36. The van der Waals surface area contributed by atoms with Gasteiger partial charge in [0.2, 0.25) is 5.91 Å². The fourth-order valence-corrected chi connectivity index (χ4v) is 3.01. The van der Waals surface area contributed by atoms with Crippen molar-refractivity contribution in [3.8, 4) is 0 Å². The number of piperidine rings is 1. The number of anilines is 1. The molecule has 1 spiro atoms. The molecule has 2 aliphatic rings. The minimum atomic E-state index is -0.482. The largest absolute Gasteiger partial charge is 0.465 e. The van der Waals surface area contributed by atoms with Crippen molar-refractivity contribution in [1.82, 2.24) is 5.32 Å². The van der Waals surface area contributed by atoms with Crippen molar-refractivity contribution in [2.45, 2.75) is 18.3 Å². The van der Waals surface area contributed by atoms with Crippen LogP contribution in [0.3, 0.4) is 0 Å². The second-order valence-electron chi connectivity index (χ2n) is 5.04. The molecular formula is C14H16N2O3. The van der Waals surface area contributed by atoms with Crippen LogP contribution in [0.15, 0.2) is 18.2 Å². The highest BCUT2D eigenvalue weighted by Gasteiger charge is 2.47. The highest BCUT2D eigenvalue weighted by atomic mass is 16.5. The van der Waals surface area contributed by atoms with Crippen molar-refractivity contribution in [2.24, 2.45) is 0 Å². The summed E-state index contributed by atoms with van der Waals surface area (Å²) in [4.78, 5) is 23.9. The van der Waals surface area contributed by atoms with Crippen LogP contribution in [0.4, 0.5) is 5.69 Å². The van der Waals surface area contributed by atoms with E-state index in [-0.39, 0.29) is 11.9 Å². The van der Waals surface area contributed by atoms with Crippen LogP contribution >= 0.6 is 0 Å². The lowest BCUT2D eigenvalue weighted by Gasteiger charge is -2.32. The van der Waals surface area contributed by atoms with Crippen LogP contribution in [0.25, 0.3) is 0 Å². The molecule has 1 aromatic carbocycles. The van der Waals surface area contributed by atoms with Crippen LogP contribution in [-0.4, -0.2) is 32.1 Å². The number of nitrogens with one attached hydrogen (secondary N) is 2. The maximum atomic E-state index is 12.3. The predicted octanol–water partition coefficient (Wildman–Crippen LogP) is 1.05. The molecule has 0 radical (unpaired) electrons. The fourth-order valence-electron chi connectivity index (χ4n) is 3.01. The van der Waals surface area contributed by atoms with E-state index in [1.54, 1.807) is 18.2 Å². The monoisotopic (exact) mass is 260 g/mol. The minimum absolute atomic E-state index is 0.0472. The lowest BCUT2D eigenvalue weighted by Crippen LogP contribution is -2.44. The Morgan fingerprint density at radius 2 is 2.05 bits per heavy atom. The first kappa shape index (κ1) is 12.2. The van der Waals surface area contributed by atoms with Crippen molar-refractivity contribution in [2.75, 3.05) is 25.5 Å². The number of hydrogen-bond donors (Lipinski definition) is 2. The summed E-state index contributed by atoms with van der Waals surface area (Å²) in [6, 6.07) is 5.27. The average molecular weight is 260 g/mol. The number of ether oxygens (including phenoxy) is 1. The molecule has 5 heteroatoms. The number of amides is 1. The fraction of sp³-hybridized carbons (Fsp3) is 0.429. The zero-order valence-electron chi connectivity index (χ0n) is 10.8. The van der Waals surface area contributed by atoms with Gasteiger partial charge in [-0.05, 0) is 49.7 Å². The molecule has 0 atom stereocenters. The van der Waals surface area contributed by atoms with Crippen LogP contribution in [0.5, 0.6) is 0 Å². The summed E-state index contributed by atoms with van der Waals surface area (Å²) in [6.07, 6.45) is 1.52. The molecule has 0 aliphatic carbocycles. The summed E-state index contributed by atoms with van der Waals surface area (Å²) in [5, 5.41) is 6.19. The lowest BCUT2D eigenvalue weighted by atomic mass is 9.74. The Bertz CT molecular complexity index is 548. The Balaban J connectivity index is 2.08. The van der Waals surface area contributed by atoms with Crippen molar-refractivity contribution in [3.63, 3.8) is 0 Å². The van der Waals surface area contributed by atoms with Crippen LogP contribution in [0.2, 0.25) is 0 Å². The first-order valence-electron chi connectivity index (χ1n) is 6.42. The number of rotatable bonds is 1. The van der Waals surface area contributed by atoms with Crippen LogP contribution in [0.1, 0.15) is 28.8 Å². The standard InChI is InChI=1S/C14H16N2O3/c1-19-12(17)9-2-3-11-10(8-9)14(13(18)16-11)4-6-15-7-5-14/h2-3,8,15H,4-7H2,1H3,(H,16,18). The van der Waals surface area contributed by atoms with E-state index in [1.807, 2.05) is 0 Å². The molecule has 3 rings (SSSR count). The third kappa shape index (κ3) is 1.73. The van der Waals surface area contributed by atoms with E-state index < -0.39 is 5.41 Å². The zero-order valence-corrected chi connectivity index (χ0v) is 10.8. The Labute approximate surface area is 111 Å². The Morgan fingerprint density at radius 1 is 1.32 bits per heavy atom. The van der Waals surface area contributed by atoms with Crippen LogP contribution < -0.4 is 10.6 Å². The maximum absolute atomic E-state index is 12.3. The second kappa shape index (κ2) is 4.35. The lowest BCUT2D eigenvalue weighted by molar-refractivity contribution is -0.121. The van der Waals surface area contributed by atoms with Gasteiger partial charge in [0.15, 0.2) is 0 Å². The van der Waals surface area contributed by atoms with E-state index in [4.69, 9.17) is 4.74 Å². The van der Waals surface area contributed by atoms with E-state index in [1.165, 1.54) is 7.11 Å². The van der Waals surface area contributed by atoms with Gasteiger partial charge in [0.25, 0.3) is 0 Å². The van der Waals surface area contributed by atoms with Crippen molar-refractivity contribution in [3.05, 3.63) is 29.3 Å². The van der Waals surface area contributed by atoms with Gasteiger partial charge in [-0.25, -0.2) is 4.79 Å².